The van der Waals surface area contributed by atoms with Crippen molar-refractivity contribution < 1.29 is 9.59 Å². The van der Waals surface area contributed by atoms with Gasteiger partial charge in [0.25, 0.3) is 0 Å². The minimum atomic E-state index is -0.0692. The number of likely N-dealkylation sites (tertiary alicyclic amines) is 1. The van der Waals surface area contributed by atoms with Crippen molar-refractivity contribution in [3.05, 3.63) is 29.8 Å². The summed E-state index contributed by atoms with van der Waals surface area (Å²) in [5, 5.41) is 2.84. The Morgan fingerprint density at radius 2 is 2.00 bits per heavy atom. The Balaban J connectivity index is 1.34. The molecule has 2 fully saturated rings. The number of hydrogen-bond acceptors (Lipinski definition) is 2. The lowest BCUT2D eigenvalue weighted by atomic mass is 10.1. The highest BCUT2D eigenvalue weighted by atomic mass is 16.2. The minimum Gasteiger partial charge on any atom is -0.329 e. The zero-order valence-corrected chi connectivity index (χ0v) is 13.3. The first kappa shape index (κ1) is 14.5. The maximum absolute atomic E-state index is 12.4. The number of urea groups is 1. The Labute approximate surface area is 136 Å². The molecule has 4 rings (SSSR count). The molecule has 3 aliphatic rings. The standard InChI is InChI=1S/C18H23N3O2/c22-17(20-10-8-13-4-1-2-6-15(13)20)12-19-18(23)21-11-9-14-5-3-7-16(14)21/h1-2,4,6,14,16H,3,5,7-12H2,(H,19,23)/t14-,16-/m0/s1. The molecule has 0 spiro atoms. The Hall–Kier alpha value is -2.04. The van der Waals surface area contributed by atoms with Gasteiger partial charge >= 0.3 is 6.03 Å². The average Bonchev–Trinajstić information content (AvgIpc) is 3.26. The normalized spacial score (nSPS) is 25.4. The molecule has 5 nitrogen and oxygen atoms in total. The first-order valence-electron chi connectivity index (χ1n) is 8.67. The van der Waals surface area contributed by atoms with Gasteiger partial charge in [-0.1, -0.05) is 24.6 Å². The fourth-order valence-electron chi connectivity index (χ4n) is 4.43. The highest BCUT2D eigenvalue weighted by molar-refractivity contribution is 5.98. The summed E-state index contributed by atoms with van der Waals surface area (Å²) in [5.74, 6) is 0.660. The SMILES string of the molecule is O=C(CNC(=O)N1CC[C@@H]2CCC[C@@H]21)N1CCc2ccccc21. The van der Waals surface area contributed by atoms with Crippen molar-refractivity contribution in [3.8, 4) is 0 Å². The largest absolute Gasteiger partial charge is 0.329 e. The molecule has 0 aromatic heterocycles. The predicted octanol–water partition coefficient (Wildman–Crippen LogP) is 2.16. The van der Waals surface area contributed by atoms with Crippen LogP contribution in [-0.4, -0.2) is 42.5 Å². The van der Waals surface area contributed by atoms with E-state index in [-0.39, 0.29) is 18.5 Å². The van der Waals surface area contributed by atoms with Crippen LogP contribution < -0.4 is 10.2 Å². The number of rotatable bonds is 2. The third kappa shape index (κ3) is 2.58. The molecule has 2 atom stereocenters. The van der Waals surface area contributed by atoms with E-state index in [2.05, 4.69) is 11.4 Å². The second-order valence-corrected chi connectivity index (χ2v) is 6.82. The van der Waals surface area contributed by atoms with Crippen LogP contribution in [0.4, 0.5) is 10.5 Å². The molecule has 1 aromatic carbocycles. The second-order valence-electron chi connectivity index (χ2n) is 6.82. The highest BCUT2D eigenvalue weighted by Gasteiger charge is 2.39. The van der Waals surface area contributed by atoms with Crippen LogP contribution in [-0.2, 0) is 11.2 Å². The Morgan fingerprint density at radius 1 is 1.13 bits per heavy atom. The first-order chi connectivity index (χ1) is 11.2. The van der Waals surface area contributed by atoms with Crippen LogP contribution in [0.5, 0.6) is 0 Å². The van der Waals surface area contributed by atoms with Gasteiger partial charge in [0, 0.05) is 24.8 Å². The molecule has 1 saturated carbocycles. The summed E-state index contributed by atoms with van der Waals surface area (Å²) in [6.45, 7) is 1.63. The van der Waals surface area contributed by atoms with Crippen molar-refractivity contribution in [2.75, 3.05) is 24.5 Å². The van der Waals surface area contributed by atoms with Gasteiger partial charge in [-0.2, -0.15) is 0 Å². The van der Waals surface area contributed by atoms with Crippen molar-refractivity contribution >= 4 is 17.6 Å². The third-order valence-electron chi connectivity index (χ3n) is 5.60. The number of hydrogen-bond donors (Lipinski definition) is 1. The summed E-state index contributed by atoms with van der Waals surface area (Å²) < 4.78 is 0. The quantitative estimate of drug-likeness (QED) is 0.909. The molecule has 23 heavy (non-hydrogen) atoms. The van der Waals surface area contributed by atoms with E-state index in [1.165, 1.54) is 18.4 Å². The summed E-state index contributed by atoms with van der Waals surface area (Å²) in [6, 6.07) is 8.32. The number of carbonyl (C=O) groups excluding carboxylic acids is 2. The van der Waals surface area contributed by atoms with E-state index in [4.69, 9.17) is 0 Å². The van der Waals surface area contributed by atoms with Gasteiger partial charge < -0.3 is 15.1 Å². The first-order valence-corrected chi connectivity index (χ1v) is 8.67. The second kappa shape index (κ2) is 5.87. The van der Waals surface area contributed by atoms with Gasteiger partial charge in [-0.15, -0.1) is 0 Å². The van der Waals surface area contributed by atoms with Gasteiger partial charge in [0.1, 0.15) is 0 Å². The molecule has 0 bridgehead atoms. The number of benzene rings is 1. The van der Waals surface area contributed by atoms with Crippen LogP contribution in [0.2, 0.25) is 0 Å². The molecule has 1 saturated heterocycles. The van der Waals surface area contributed by atoms with Gasteiger partial charge in [-0.3, -0.25) is 4.79 Å². The van der Waals surface area contributed by atoms with Gasteiger partial charge in [0.15, 0.2) is 0 Å². The van der Waals surface area contributed by atoms with E-state index < -0.39 is 0 Å². The molecule has 0 radical (unpaired) electrons. The number of carbonyl (C=O) groups is 2. The summed E-state index contributed by atoms with van der Waals surface area (Å²) in [7, 11) is 0. The zero-order chi connectivity index (χ0) is 15.8. The zero-order valence-electron chi connectivity index (χ0n) is 13.3. The lowest BCUT2D eigenvalue weighted by molar-refractivity contribution is -0.117. The monoisotopic (exact) mass is 313 g/mol. The maximum atomic E-state index is 12.4. The fourth-order valence-corrected chi connectivity index (χ4v) is 4.43. The average molecular weight is 313 g/mol. The molecule has 3 amide bonds. The topological polar surface area (TPSA) is 52.7 Å². The number of anilines is 1. The molecule has 2 aliphatic heterocycles. The summed E-state index contributed by atoms with van der Waals surface area (Å²) in [5.41, 5.74) is 2.20. The predicted molar refractivity (Wildman–Crippen MR) is 88.3 cm³/mol. The van der Waals surface area contributed by atoms with Crippen LogP contribution in [0.3, 0.4) is 0 Å². The number of nitrogens with zero attached hydrogens (tertiary/aromatic N) is 2. The molecule has 2 heterocycles. The van der Waals surface area contributed by atoms with Crippen LogP contribution in [0.1, 0.15) is 31.2 Å². The van der Waals surface area contributed by atoms with Gasteiger partial charge in [0.05, 0.1) is 6.54 Å². The molecular formula is C18H23N3O2. The van der Waals surface area contributed by atoms with Crippen molar-refractivity contribution in [3.63, 3.8) is 0 Å². The van der Waals surface area contributed by atoms with Gasteiger partial charge in [0.2, 0.25) is 5.91 Å². The van der Waals surface area contributed by atoms with E-state index in [0.29, 0.717) is 18.5 Å². The number of fused-ring (bicyclic) bond motifs is 2. The lowest BCUT2D eigenvalue weighted by Gasteiger charge is -2.25. The third-order valence-corrected chi connectivity index (χ3v) is 5.60. The van der Waals surface area contributed by atoms with Crippen LogP contribution in [0, 0.1) is 5.92 Å². The Morgan fingerprint density at radius 3 is 2.91 bits per heavy atom. The number of nitrogens with one attached hydrogen (secondary N) is 1. The van der Waals surface area contributed by atoms with E-state index in [1.807, 2.05) is 23.1 Å². The molecule has 122 valence electrons. The van der Waals surface area contributed by atoms with E-state index in [0.717, 1.165) is 31.5 Å². The van der Waals surface area contributed by atoms with Crippen molar-refractivity contribution in [2.24, 2.45) is 5.92 Å². The number of para-hydroxylation sites is 1. The maximum Gasteiger partial charge on any atom is 0.318 e. The van der Waals surface area contributed by atoms with Crippen molar-refractivity contribution in [1.82, 2.24) is 10.2 Å². The van der Waals surface area contributed by atoms with Crippen LogP contribution in [0.25, 0.3) is 0 Å². The molecule has 1 N–H and O–H groups in total. The summed E-state index contributed by atoms with van der Waals surface area (Å²) in [6.07, 6.45) is 5.60. The van der Waals surface area contributed by atoms with Crippen LogP contribution >= 0.6 is 0 Å². The molecular weight excluding hydrogens is 290 g/mol. The fraction of sp³-hybridized carbons (Fsp3) is 0.556. The van der Waals surface area contributed by atoms with E-state index >= 15 is 0 Å². The Bertz CT molecular complexity index is 630. The molecule has 1 aliphatic carbocycles. The van der Waals surface area contributed by atoms with Crippen molar-refractivity contribution in [2.45, 2.75) is 38.1 Å². The minimum absolute atomic E-state index is 0.0227. The summed E-state index contributed by atoms with van der Waals surface area (Å²) >= 11 is 0. The molecule has 1 aromatic rings. The summed E-state index contributed by atoms with van der Waals surface area (Å²) in [4.78, 5) is 28.6. The number of amides is 3. The Kier molecular flexibility index (Phi) is 3.71. The van der Waals surface area contributed by atoms with Crippen molar-refractivity contribution in [1.29, 1.82) is 0 Å². The highest BCUT2D eigenvalue weighted by Crippen LogP contribution is 2.37. The lowest BCUT2D eigenvalue weighted by Crippen LogP contribution is -2.47. The molecule has 0 unspecified atom stereocenters. The van der Waals surface area contributed by atoms with Gasteiger partial charge in [-0.05, 0) is 43.2 Å². The van der Waals surface area contributed by atoms with Gasteiger partial charge in [-0.25, -0.2) is 4.79 Å². The van der Waals surface area contributed by atoms with Crippen LogP contribution in [0.15, 0.2) is 24.3 Å². The molecule has 5 heteroatoms. The smallest absolute Gasteiger partial charge is 0.318 e. The van der Waals surface area contributed by atoms with E-state index in [1.54, 1.807) is 4.90 Å². The van der Waals surface area contributed by atoms with E-state index in [9.17, 15) is 9.59 Å².